The Bertz CT molecular complexity index is 597. The van der Waals surface area contributed by atoms with Crippen molar-refractivity contribution in [2.75, 3.05) is 18.4 Å². The lowest BCUT2D eigenvalue weighted by molar-refractivity contribution is -0.116. The predicted octanol–water partition coefficient (Wildman–Crippen LogP) is 2.83. The highest BCUT2D eigenvalue weighted by Crippen LogP contribution is 2.18. The minimum Gasteiger partial charge on any atom is -0.325 e. The van der Waals surface area contributed by atoms with E-state index < -0.39 is 0 Å². The lowest BCUT2D eigenvalue weighted by Gasteiger charge is -2.22. The fourth-order valence-electron chi connectivity index (χ4n) is 2.74. The van der Waals surface area contributed by atoms with Crippen molar-refractivity contribution in [1.29, 1.82) is 0 Å². The summed E-state index contributed by atoms with van der Waals surface area (Å²) in [6, 6.07) is 3.73. The largest absolute Gasteiger partial charge is 0.325 e. The van der Waals surface area contributed by atoms with Gasteiger partial charge in [0.2, 0.25) is 5.91 Å². The summed E-state index contributed by atoms with van der Waals surface area (Å²) in [6.07, 6.45) is 10.8. The standard InChI is InChI=1S/C16H21N5O.2ClH/c22-16(4-1-13-5-7-17-8-6-13)20-14-2-3-15(19-11-14)21-10-9-18-12-21;;/h2-3,9-13,17H,1,4-8H2,(H,20,22);2*1H. The lowest BCUT2D eigenvalue weighted by Crippen LogP contribution is -2.28. The van der Waals surface area contributed by atoms with Crippen molar-refractivity contribution in [1.82, 2.24) is 19.9 Å². The van der Waals surface area contributed by atoms with Crippen LogP contribution in [-0.4, -0.2) is 33.5 Å². The Morgan fingerprint density at radius 2 is 2.08 bits per heavy atom. The van der Waals surface area contributed by atoms with Crippen LogP contribution >= 0.6 is 24.8 Å². The second-order valence-corrected chi connectivity index (χ2v) is 5.66. The van der Waals surface area contributed by atoms with Crippen LogP contribution in [0.5, 0.6) is 0 Å². The molecule has 1 aliphatic heterocycles. The van der Waals surface area contributed by atoms with E-state index in [2.05, 4.69) is 20.6 Å². The highest BCUT2D eigenvalue weighted by atomic mass is 35.5. The van der Waals surface area contributed by atoms with E-state index in [9.17, 15) is 4.79 Å². The number of amides is 1. The van der Waals surface area contributed by atoms with Gasteiger partial charge in [-0.1, -0.05) is 0 Å². The van der Waals surface area contributed by atoms with Crippen molar-refractivity contribution in [3.05, 3.63) is 37.1 Å². The number of carbonyl (C=O) groups excluding carboxylic acids is 1. The Labute approximate surface area is 154 Å². The average molecular weight is 372 g/mol. The van der Waals surface area contributed by atoms with Crippen LogP contribution < -0.4 is 10.6 Å². The molecule has 8 heteroatoms. The third-order valence-electron chi connectivity index (χ3n) is 4.04. The van der Waals surface area contributed by atoms with Gasteiger partial charge in [-0.3, -0.25) is 9.36 Å². The molecule has 24 heavy (non-hydrogen) atoms. The van der Waals surface area contributed by atoms with Gasteiger partial charge in [0, 0.05) is 18.8 Å². The Balaban J connectivity index is 0.00000144. The van der Waals surface area contributed by atoms with Crippen molar-refractivity contribution in [3.63, 3.8) is 0 Å². The molecular weight excluding hydrogens is 349 g/mol. The van der Waals surface area contributed by atoms with E-state index in [4.69, 9.17) is 0 Å². The van der Waals surface area contributed by atoms with Gasteiger partial charge >= 0.3 is 0 Å². The van der Waals surface area contributed by atoms with Gasteiger partial charge in [0.05, 0.1) is 11.9 Å². The number of nitrogens with one attached hydrogen (secondary N) is 2. The molecule has 0 unspecified atom stereocenters. The first-order valence-corrected chi connectivity index (χ1v) is 7.76. The molecule has 2 N–H and O–H groups in total. The summed E-state index contributed by atoms with van der Waals surface area (Å²) in [5.41, 5.74) is 0.735. The third kappa shape index (κ3) is 5.78. The van der Waals surface area contributed by atoms with Crippen LogP contribution in [0.4, 0.5) is 5.69 Å². The fourth-order valence-corrected chi connectivity index (χ4v) is 2.74. The van der Waals surface area contributed by atoms with Gasteiger partial charge in [-0.25, -0.2) is 9.97 Å². The smallest absolute Gasteiger partial charge is 0.224 e. The van der Waals surface area contributed by atoms with E-state index in [-0.39, 0.29) is 30.7 Å². The molecule has 0 atom stereocenters. The normalized spacial score (nSPS) is 14.3. The lowest BCUT2D eigenvalue weighted by atomic mass is 9.93. The summed E-state index contributed by atoms with van der Waals surface area (Å²) in [4.78, 5) is 20.3. The number of halogens is 2. The fraction of sp³-hybridized carbons (Fsp3) is 0.438. The predicted molar refractivity (Wildman–Crippen MR) is 99.3 cm³/mol. The molecule has 1 saturated heterocycles. The molecule has 0 bridgehead atoms. The molecule has 0 saturated carbocycles. The van der Waals surface area contributed by atoms with Crippen LogP contribution in [0.3, 0.4) is 0 Å². The first kappa shape index (κ1) is 20.4. The maximum Gasteiger partial charge on any atom is 0.224 e. The van der Waals surface area contributed by atoms with Gasteiger partial charge in [-0.05, 0) is 50.4 Å². The zero-order chi connectivity index (χ0) is 15.2. The molecule has 6 nitrogen and oxygen atoms in total. The first-order chi connectivity index (χ1) is 10.8. The number of rotatable bonds is 5. The number of hydrogen-bond acceptors (Lipinski definition) is 4. The molecule has 2 aromatic heterocycles. The summed E-state index contributed by atoms with van der Waals surface area (Å²) < 4.78 is 1.82. The average Bonchev–Trinajstić information content (AvgIpc) is 3.09. The zero-order valence-corrected chi connectivity index (χ0v) is 15.0. The van der Waals surface area contributed by atoms with Gasteiger partial charge < -0.3 is 10.6 Å². The van der Waals surface area contributed by atoms with Gasteiger partial charge in [0.25, 0.3) is 0 Å². The highest BCUT2D eigenvalue weighted by molar-refractivity contribution is 5.90. The number of pyridine rings is 1. The highest BCUT2D eigenvalue weighted by Gasteiger charge is 2.14. The third-order valence-corrected chi connectivity index (χ3v) is 4.04. The summed E-state index contributed by atoms with van der Waals surface area (Å²) in [6.45, 7) is 2.15. The van der Waals surface area contributed by atoms with Crippen molar-refractivity contribution in [2.45, 2.75) is 25.7 Å². The summed E-state index contributed by atoms with van der Waals surface area (Å²) in [5.74, 6) is 1.52. The Morgan fingerprint density at radius 1 is 1.29 bits per heavy atom. The number of aromatic nitrogens is 3. The topological polar surface area (TPSA) is 71.8 Å². The van der Waals surface area contributed by atoms with Gasteiger partial charge in [-0.15, -0.1) is 24.8 Å². The Hall–Kier alpha value is -1.63. The van der Waals surface area contributed by atoms with E-state index in [1.165, 1.54) is 12.8 Å². The zero-order valence-electron chi connectivity index (χ0n) is 13.4. The van der Waals surface area contributed by atoms with Gasteiger partial charge in [-0.2, -0.15) is 0 Å². The van der Waals surface area contributed by atoms with Crippen molar-refractivity contribution in [2.24, 2.45) is 5.92 Å². The monoisotopic (exact) mass is 371 g/mol. The van der Waals surface area contributed by atoms with Crippen molar-refractivity contribution < 1.29 is 4.79 Å². The van der Waals surface area contributed by atoms with E-state index >= 15 is 0 Å². The van der Waals surface area contributed by atoms with Crippen LogP contribution in [0.15, 0.2) is 37.1 Å². The Kier molecular flexibility index (Phi) is 8.74. The maximum absolute atomic E-state index is 12.0. The number of anilines is 1. The molecule has 0 radical (unpaired) electrons. The second-order valence-electron chi connectivity index (χ2n) is 5.66. The van der Waals surface area contributed by atoms with E-state index in [1.807, 2.05) is 22.9 Å². The number of carbonyl (C=O) groups is 1. The summed E-state index contributed by atoms with van der Waals surface area (Å²) in [7, 11) is 0. The molecule has 132 valence electrons. The molecule has 3 rings (SSSR count). The minimum absolute atomic E-state index is 0. The Morgan fingerprint density at radius 3 is 2.71 bits per heavy atom. The molecule has 3 heterocycles. The minimum atomic E-state index is 0. The molecule has 1 fully saturated rings. The van der Waals surface area contributed by atoms with Crippen LogP contribution in [0.25, 0.3) is 5.82 Å². The van der Waals surface area contributed by atoms with Crippen LogP contribution in [0, 0.1) is 5.92 Å². The number of hydrogen-bond donors (Lipinski definition) is 2. The van der Waals surface area contributed by atoms with Crippen molar-refractivity contribution in [3.8, 4) is 5.82 Å². The number of nitrogens with zero attached hydrogens (tertiary/aromatic N) is 3. The molecular formula is C16H23Cl2N5O. The van der Waals surface area contributed by atoms with Crippen molar-refractivity contribution >= 4 is 36.4 Å². The molecule has 0 aromatic carbocycles. The van der Waals surface area contributed by atoms with E-state index in [1.54, 1.807) is 18.7 Å². The van der Waals surface area contributed by atoms with Crippen LogP contribution in [0.1, 0.15) is 25.7 Å². The SMILES string of the molecule is Cl.Cl.O=C(CCC1CCNCC1)Nc1ccc(-n2ccnc2)nc1. The van der Waals surface area contributed by atoms with Crippen LogP contribution in [-0.2, 0) is 4.79 Å². The van der Waals surface area contributed by atoms with Gasteiger partial charge in [0.15, 0.2) is 0 Å². The molecule has 0 aliphatic carbocycles. The molecule has 1 aliphatic rings. The van der Waals surface area contributed by atoms with Gasteiger partial charge in [0.1, 0.15) is 12.1 Å². The summed E-state index contributed by atoms with van der Waals surface area (Å²) in [5, 5.41) is 6.26. The molecule has 1 amide bonds. The first-order valence-electron chi connectivity index (χ1n) is 7.76. The number of imidazole rings is 1. The molecule has 0 spiro atoms. The molecule has 2 aromatic rings. The maximum atomic E-state index is 12.0. The summed E-state index contributed by atoms with van der Waals surface area (Å²) >= 11 is 0. The van der Waals surface area contributed by atoms with E-state index in [0.717, 1.165) is 31.0 Å². The quantitative estimate of drug-likeness (QED) is 0.847. The second kappa shape index (κ2) is 10.3. The number of piperidine rings is 1. The van der Waals surface area contributed by atoms with E-state index in [0.29, 0.717) is 12.3 Å². The van der Waals surface area contributed by atoms with Crippen LogP contribution in [0.2, 0.25) is 0 Å².